The highest BCUT2D eigenvalue weighted by molar-refractivity contribution is 7.78. The highest BCUT2D eigenvalue weighted by Gasteiger charge is 2.30. The van der Waals surface area contributed by atoms with Gasteiger partial charge in [0.2, 0.25) is 0 Å². The standard InChI is InChI=1S/C9H12N2O4S/c1-7-4-5-8(10(12)13)6-9(7)11(2,3)16(14)15/h4-6H,1-3H3/p+1. The monoisotopic (exact) mass is 245 g/mol. The number of nitrogens with zero attached hydrogens (tertiary/aromatic N) is 2. The minimum atomic E-state index is -2.14. The van der Waals surface area contributed by atoms with E-state index < -0.39 is 16.2 Å². The molecule has 0 fully saturated rings. The molecule has 16 heavy (non-hydrogen) atoms. The van der Waals surface area contributed by atoms with Crippen molar-refractivity contribution < 1.29 is 13.7 Å². The number of nitro benzene ring substituents is 1. The average Bonchev–Trinajstić information content (AvgIpc) is 2.17. The van der Waals surface area contributed by atoms with Crippen molar-refractivity contribution in [1.29, 1.82) is 0 Å². The lowest BCUT2D eigenvalue weighted by molar-refractivity contribution is -0.384. The summed E-state index contributed by atoms with van der Waals surface area (Å²) in [6.45, 7) is 1.74. The number of hydrogen-bond donors (Lipinski definition) is 1. The van der Waals surface area contributed by atoms with Crippen LogP contribution >= 0.6 is 0 Å². The first-order chi connectivity index (χ1) is 7.26. The van der Waals surface area contributed by atoms with E-state index in [-0.39, 0.29) is 9.58 Å². The highest BCUT2D eigenvalue weighted by atomic mass is 32.2. The Bertz CT molecular complexity index is 459. The largest absolute Gasteiger partial charge is 0.363 e. The maximum Gasteiger partial charge on any atom is 0.363 e. The molecule has 0 aliphatic rings. The maximum absolute atomic E-state index is 11.2. The Labute approximate surface area is 95.7 Å². The van der Waals surface area contributed by atoms with Crippen LogP contribution < -0.4 is 3.89 Å². The fraction of sp³-hybridized carbons (Fsp3) is 0.333. The summed E-state index contributed by atoms with van der Waals surface area (Å²) in [7, 11) is 3.03. The summed E-state index contributed by atoms with van der Waals surface area (Å²) in [5, 5.41) is 10.6. The van der Waals surface area contributed by atoms with Gasteiger partial charge in [0, 0.05) is 11.6 Å². The Balaban J connectivity index is 3.38. The zero-order valence-electron chi connectivity index (χ0n) is 9.21. The lowest BCUT2D eigenvalue weighted by Crippen LogP contribution is -2.42. The van der Waals surface area contributed by atoms with E-state index in [0.29, 0.717) is 5.69 Å². The molecular weight excluding hydrogens is 232 g/mol. The molecular formula is C9H13N2O4S+. The second kappa shape index (κ2) is 4.28. The highest BCUT2D eigenvalue weighted by Crippen LogP contribution is 2.29. The van der Waals surface area contributed by atoms with Crippen molar-refractivity contribution in [3.63, 3.8) is 0 Å². The number of nitro groups is 1. The van der Waals surface area contributed by atoms with Crippen LogP contribution in [0.1, 0.15) is 5.56 Å². The molecule has 0 bridgehead atoms. The van der Waals surface area contributed by atoms with Gasteiger partial charge >= 0.3 is 11.3 Å². The molecule has 88 valence electrons. The molecule has 0 saturated carbocycles. The minimum absolute atomic E-state index is 0.0859. The predicted molar refractivity (Wildman–Crippen MR) is 62.2 cm³/mol. The number of rotatable bonds is 3. The smallest absolute Gasteiger partial charge is 0.260 e. The molecule has 1 rings (SSSR count). The second-order valence-corrected chi connectivity index (χ2v) is 5.18. The van der Waals surface area contributed by atoms with Gasteiger partial charge in [-0.25, -0.2) is 0 Å². The first-order valence-electron chi connectivity index (χ1n) is 4.48. The SMILES string of the molecule is Cc1ccc([N+](=O)[O-])cc1[N+](C)(C)S(=O)O. The van der Waals surface area contributed by atoms with E-state index in [2.05, 4.69) is 0 Å². The fourth-order valence-electron chi connectivity index (χ4n) is 1.38. The third-order valence-electron chi connectivity index (χ3n) is 2.37. The van der Waals surface area contributed by atoms with Crippen LogP contribution in [0.15, 0.2) is 18.2 Å². The van der Waals surface area contributed by atoms with E-state index in [4.69, 9.17) is 4.55 Å². The van der Waals surface area contributed by atoms with Crippen LogP contribution in [-0.2, 0) is 11.3 Å². The number of benzene rings is 1. The van der Waals surface area contributed by atoms with Crippen molar-refractivity contribution >= 4 is 22.6 Å². The Morgan fingerprint density at radius 3 is 2.44 bits per heavy atom. The van der Waals surface area contributed by atoms with Gasteiger partial charge in [0.25, 0.3) is 5.69 Å². The van der Waals surface area contributed by atoms with Crippen molar-refractivity contribution in [2.24, 2.45) is 0 Å². The van der Waals surface area contributed by atoms with E-state index in [0.717, 1.165) is 5.56 Å². The number of aryl methyl sites for hydroxylation is 1. The predicted octanol–water partition coefficient (Wildman–Crippen LogP) is 1.61. The molecule has 7 heteroatoms. The molecule has 1 atom stereocenters. The van der Waals surface area contributed by atoms with Gasteiger partial charge in [-0.15, -0.1) is 0 Å². The molecule has 1 aromatic rings. The average molecular weight is 245 g/mol. The lowest BCUT2D eigenvalue weighted by atomic mass is 10.1. The second-order valence-electron chi connectivity index (χ2n) is 3.81. The van der Waals surface area contributed by atoms with Crippen molar-refractivity contribution in [3.05, 3.63) is 33.9 Å². The lowest BCUT2D eigenvalue weighted by Gasteiger charge is -2.24. The van der Waals surface area contributed by atoms with Crippen LogP contribution in [-0.4, -0.2) is 27.8 Å². The van der Waals surface area contributed by atoms with Crippen molar-refractivity contribution in [2.45, 2.75) is 6.92 Å². The third-order valence-corrected chi connectivity index (χ3v) is 3.35. The minimum Gasteiger partial charge on any atom is -0.260 e. The summed E-state index contributed by atoms with van der Waals surface area (Å²) in [5.74, 6) is 0. The molecule has 1 unspecified atom stereocenters. The Kier molecular flexibility index (Phi) is 3.41. The molecule has 0 spiro atoms. The van der Waals surface area contributed by atoms with E-state index in [1.54, 1.807) is 13.0 Å². The van der Waals surface area contributed by atoms with Gasteiger partial charge in [0.15, 0.2) is 5.69 Å². The molecule has 0 radical (unpaired) electrons. The van der Waals surface area contributed by atoms with Crippen LogP contribution in [0.5, 0.6) is 0 Å². The Hall–Kier alpha value is -1.31. The molecule has 0 aliphatic carbocycles. The molecule has 0 heterocycles. The summed E-state index contributed by atoms with van der Waals surface area (Å²) in [5.41, 5.74) is 1.10. The molecule has 0 amide bonds. The van der Waals surface area contributed by atoms with Crippen molar-refractivity contribution in [3.8, 4) is 0 Å². The van der Waals surface area contributed by atoms with E-state index in [9.17, 15) is 14.3 Å². The fourth-order valence-corrected chi connectivity index (χ4v) is 1.74. The topological polar surface area (TPSA) is 80.4 Å². The number of quaternary nitrogens is 1. The van der Waals surface area contributed by atoms with Gasteiger partial charge in [-0.1, -0.05) is 0 Å². The molecule has 0 aliphatic heterocycles. The van der Waals surface area contributed by atoms with Crippen LogP contribution in [0.25, 0.3) is 0 Å². The van der Waals surface area contributed by atoms with Gasteiger partial charge in [0.1, 0.15) is 0 Å². The quantitative estimate of drug-likeness (QED) is 0.379. The van der Waals surface area contributed by atoms with E-state index in [1.165, 1.54) is 26.2 Å². The van der Waals surface area contributed by atoms with Crippen LogP contribution in [0.2, 0.25) is 0 Å². The summed E-state index contributed by atoms with van der Waals surface area (Å²) in [6, 6.07) is 4.27. The Morgan fingerprint density at radius 1 is 1.44 bits per heavy atom. The summed E-state index contributed by atoms with van der Waals surface area (Å²) in [4.78, 5) is 10.1. The van der Waals surface area contributed by atoms with Gasteiger partial charge in [-0.3, -0.25) is 14.7 Å². The van der Waals surface area contributed by atoms with Gasteiger partial charge in [-0.2, -0.15) is 8.10 Å². The van der Waals surface area contributed by atoms with Gasteiger partial charge in [-0.05, 0) is 13.0 Å². The normalized spacial score (nSPS) is 13.5. The Morgan fingerprint density at radius 2 is 2.00 bits per heavy atom. The number of non-ortho nitro benzene ring substituents is 1. The van der Waals surface area contributed by atoms with Gasteiger partial charge in [0.05, 0.1) is 25.1 Å². The summed E-state index contributed by atoms with van der Waals surface area (Å²) in [6.07, 6.45) is 0. The first-order valence-corrected chi connectivity index (χ1v) is 5.54. The van der Waals surface area contributed by atoms with E-state index in [1.807, 2.05) is 0 Å². The van der Waals surface area contributed by atoms with Crippen LogP contribution in [0.3, 0.4) is 0 Å². The van der Waals surface area contributed by atoms with Crippen LogP contribution in [0, 0.1) is 17.0 Å². The summed E-state index contributed by atoms with van der Waals surface area (Å²) < 4.78 is 20.0. The zero-order chi connectivity index (χ0) is 12.5. The molecule has 0 saturated heterocycles. The van der Waals surface area contributed by atoms with Crippen molar-refractivity contribution in [2.75, 3.05) is 14.1 Å². The van der Waals surface area contributed by atoms with Gasteiger partial charge < -0.3 is 0 Å². The van der Waals surface area contributed by atoms with E-state index >= 15 is 0 Å². The maximum atomic E-state index is 11.2. The zero-order valence-corrected chi connectivity index (χ0v) is 10.0. The molecule has 6 nitrogen and oxygen atoms in total. The molecule has 1 aromatic carbocycles. The molecule has 1 N–H and O–H groups in total. The third kappa shape index (κ3) is 2.26. The molecule has 0 aromatic heterocycles. The first kappa shape index (κ1) is 12.8. The number of hydrogen-bond acceptors (Lipinski definition) is 3. The summed E-state index contributed by atoms with van der Waals surface area (Å²) >= 11 is -2.14. The van der Waals surface area contributed by atoms with Crippen LogP contribution in [0.4, 0.5) is 11.4 Å². The van der Waals surface area contributed by atoms with Crippen molar-refractivity contribution in [1.82, 2.24) is 3.89 Å².